The zero-order valence-corrected chi connectivity index (χ0v) is 16.4. The van der Waals surface area contributed by atoms with Gasteiger partial charge in [0.05, 0.1) is 10.4 Å². The van der Waals surface area contributed by atoms with E-state index in [4.69, 9.17) is 0 Å². The number of aromatic nitrogens is 3. The molecule has 1 unspecified atom stereocenters. The molecule has 0 radical (unpaired) electrons. The van der Waals surface area contributed by atoms with Crippen molar-refractivity contribution in [1.82, 2.24) is 19.3 Å². The Labute approximate surface area is 163 Å². The molecule has 4 aromatic rings. The summed E-state index contributed by atoms with van der Waals surface area (Å²) >= 11 is 0. The summed E-state index contributed by atoms with van der Waals surface area (Å²) in [5.74, 6) is 0.615. The van der Waals surface area contributed by atoms with Crippen molar-refractivity contribution < 1.29 is 8.42 Å². The van der Waals surface area contributed by atoms with Crippen molar-refractivity contribution in [2.45, 2.75) is 17.9 Å². The lowest BCUT2D eigenvalue weighted by molar-refractivity contribution is 0.563. The summed E-state index contributed by atoms with van der Waals surface area (Å²) in [6, 6.07) is 15.7. The van der Waals surface area contributed by atoms with Crippen LogP contribution < -0.4 is 4.72 Å². The van der Waals surface area contributed by atoms with E-state index in [0.29, 0.717) is 16.7 Å². The van der Waals surface area contributed by atoms with Crippen LogP contribution in [0.3, 0.4) is 0 Å². The molecule has 7 heteroatoms. The fourth-order valence-electron chi connectivity index (χ4n) is 3.31. The lowest BCUT2D eigenvalue weighted by Crippen LogP contribution is -2.31. The van der Waals surface area contributed by atoms with Crippen LogP contribution in [0.15, 0.2) is 78.1 Å². The van der Waals surface area contributed by atoms with Gasteiger partial charge in [-0.15, -0.1) is 0 Å². The third-order valence-electron chi connectivity index (χ3n) is 4.74. The Morgan fingerprint density at radius 1 is 0.964 bits per heavy atom. The number of pyridine rings is 1. The topological polar surface area (TPSA) is 76.9 Å². The SMILES string of the molecule is Cc1ccc(S(=O)(=O)NC(c2ccccc2)c2nccn2C)c2cccnc12. The van der Waals surface area contributed by atoms with Gasteiger partial charge in [-0.2, -0.15) is 4.72 Å². The van der Waals surface area contributed by atoms with Crippen LogP contribution >= 0.6 is 0 Å². The van der Waals surface area contributed by atoms with E-state index in [1.165, 1.54) is 0 Å². The molecule has 142 valence electrons. The summed E-state index contributed by atoms with van der Waals surface area (Å²) in [7, 11) is -1.99. The Hall–Kier alpha value is -3.03. The average molecular weight is 392 g/mol. The highest BCUT2D eigenvalue weighted by atomic mass is 32.2. The molecule has 0 aliphatic rings. The minimum absolute atomic E-state index is 0.205. The molecule has 0 fully saturated rings. The molecule has 0 aliphatic carbocycles. The third kappa shape index (κ3) is 3.30. The number of imidazole rings is 1. The van der Waals surface area contributed by atoms with E-state index in [2.05, 4.69) is 14.7 Å². The number of benzene rings is 2. The number of nitrogens with one attached hydrogen (secondary N) is 1. The second-order valence-corrected chi connectivity index (χ2v) is 8.32. The monoisotopic (exact) mass is 392 g/mol. The molecule has 1 atom stereocenters. The van der Waals surface area contributed by atoms with Crippen LogP contribution in [0.1, 0.15) is 23.0 Å². The molecule has 6 nitrogen and oxygen atoms in total. The van der Waals surface area contributed by atoms with E-state index in [-0.39, 0.29) is 4.90 Å². The largest absolute Gasteiger partial charge is 0.336 e. The van der Waals surface area contributed by atoms with Crippen molar-refractivity contribution in [3.63, 3.8) is 0 Å². The molecule has 1 N–H and O–H groups in total. The molecule has 0 saturated carbocycles. The van der Waals surface area contributed by atoms with Gasteiger partial charge in [0, 0.05) is 31.0 Å². The van der Waals surface area contributed by atoms with Crippen LogP contribution in [0, 0.1) is 6.92 Å². The molecular formula is C21H20N4O2S. The van der Waals surface area contributed by atoms with Crippen LogP contribution in [0.5, 0.6) is 0 Å². The molecule has 0 bridgehead atoms. The first-order valence-electron chi connectivity index (χ1n) is 8.86. The highest BCUT2D eigenvalue weighted by Crippen LogP contribution is 2.27. The van der Waals surface area contributed by atoms with Gasteiger partial charge in [-0.25, -0.2) is 13.4 Å². The molecule has 2 aromatic heterocycles. The molecule has 4 rings (SSSR count). The van der Waals surface area contributed by atoms with Gasteiger partial charge in [0.25, 0.3) is 0 Å². The Kier molecular flexibility index (Phi) is 4.70. The van der Waals surface area contributed by atoms with Gasteiger partial charge in [-0.05, 0) is 36.2 Å². The van der Waals surface area contributed by atoms with E-state index in [1.807, 2.05) is 48.9 Å². The van der Waals surface area contributed by atoms with Gasteiger partial charge < -0.3 is 4.57 Å². The van der Waals surface area contributed by atoms with Crippen LogP contribution in [0.25, 0.3) is 10.9 Å². The van der Waals surface area contributed by atoms with Gasteiger partial charge in [0.2, 0.25) is 10.0 Å². The minimum Gasteiger partial charge on any atom is -0.336 e. The summed E-state index contributed by atoms with van der Waals surface area (Å²) in [6.07, 6.45) is 5.12. The van der Waals surface area contributed by atoms with Gasteiger partial charge >= 0.3 is 0 Å². The van der Waals surface area contributed by atoms with Crippen molar-refractivity contribution in [2.24, 2.45) is 7.05 Å². The Balaban J connectivity index is 1.83. The van der Waals surface area contributed by atoms with E-state index in [1.54, 1.807) is 42.9 Å². The predicted octanol–water partition coefficient (Wildman–Crippen LogP) is 3.34. The van der Waals surface area contributed by atoms with Gasteiger partial charge in [0.1, 0.15) is 11.9 Å². The van der Waals surface area contributed by atoms with E-state index in [9.17, 15) is 8.42 Å². The molecule has 0 aliphatic heterocycles. The number of sulfonamides is 1. The number of hydrogen-bond acceptors (Lipinski definition) is 4. The van der Waals surface area contributed by atoms with Crippen molar-refractivity contribution in [2.75, 3.05) is 0 Å². The zero-order valence-electron chi connectivity index (χ0n) is 15.6. The van der Waals surface area contributed by atoms with Crippen molar-refractivity contribution in [1.29, 1.82) is 0 Å². The highest BCUT2D eigenvalue weighted by Gasteiger charge is 2.27. The van der Waals surface area contributed by atoms with E-state index >= 15 is 0 Å². The lowest BCUT2D eigenvalue weighted by Gasteiger charge is -2.20. The first kappa shape index (κ1) is 18.3. The van der Waals surface area contributed by atoms with Crippen molar-refractivity contribution >= 4 is 20.9 Å². The molecular weight excluding hydrogens is 372 g/mol. The Bertz CT molecular complexity index is 1230. The normalized spacial score (nSPS) is 12.9. The third-order valence-corrected chi connectivity index (χ3v) is 6.22. The first-order valence-corrected chi connectivity index (χ1v) is 10.3. The fraction of sp³-hybridized carbons (Fsp3) is 0.143. The van der Waals surface area contributed by atoms with E-state index < -0.39 is 16.1 Å². The maximum Gasteiger partial charge on any atom is 0.242 e. The zero-order chi connectivity index (χ0) is 19.7. The molecule has 0 amide bonds. The van der Waals surface area contributed by atoms with Crippen LogP contribution in [0.4, 0.5) is 0 Å². The smallest absolute Gasteiger partial charge is 0.242 e. The quantitative estimate of drug-likeness (QED) is 0.565. The van der Waals surface area contributed by atoms with Crippen LogP contribution in [-0.2, 0) is 17.1 Å². The Morgan fingerprint density at radius 2 is 1.75 bits per heavy atom. The summed E-state index contributed by atoms with van der Waals surface area (Å²) in [6.45, 7) is 1.92. The van der Waals surface area contributed by atoms with Crippen LogP contribution in [0.2, 0.25) is 0 Å². The summed E-state index contributed by atoms with van der Waals surface area (Å²) in [4.78, 5) is 8.92. The molecule has 0 saturated heterocycles. The Morgan fingerprint density at radius 3 is 2.46 bits per heavy atom. The number of hydrogen-bond donors (Lipinski definition) is 1. The minimum atomic E-state index is -3.84. The summed E-state index contributed by atoms with van der Waals surface area (Å²) in [5, 5.41) is 0.599. The van der Waals surface area contributed by atoms with Crippen LogP contribution in [-0.4, -0.2) is 23.0 Å². The second kappa shape index (κ2) is 7.18. The van der Waals surface area contributed by atoms with E-state index in [0.717, 1.165) is 11.1 Å². The summed E-state index contributed by atoms with van der Waals surface area (Å²) < 4.78 is 31.4. The summed E-state index contributed by atoms with van der Waals surface area (Å²) in [5.41, 5.74) is 2.42. The maximum absolute atomic E-state index is 13.4. The average Bonchev–Trinajstić information content (AvgIpc) is 3.13. The highest BCUT2D eigenvalue weighted by molar-refractivity contribution is 7.89. The van der Waals surface area contributed by atoms with Gasteiger partial charge in [-0.1, -0.05) is 36.4 Å². The second-order valence-electron chi connectivity index (χ2n) is 6.64. The lowest BCUT2D eigenvalue weighted by atomic mass is 10.1. The van der Waals surface area contributed by atoms with Crippen molar-refractivity contribution in [3.05, 3.63) is 90.1 Å². The van der Waals surface area contributed by atoms with Gasteiger partial charge in [-0.3, -0.25) is 4.98 Å². The molecule has 0 spiro atoms. The molecule has 2 heterocycles. The molecule has 2 aromatic carbocycles. The number of nitrogens with zero attached hydrogens (tertiary/aromatic N) is 3. The maximum atomic E-state index is 13.4. The molecule has 28 heavy (non-hydrogen) atoms. The standard InChI is InChI=1S/C21H20N4O2S/c1-15-10-11-18(17-9-6-12-22-19(15)17)28(26,27)24-20(16-7-4-3-5-8-16)21-23-13-14-25(21)2/h3-14,20,24H,1-2H3. The predicted molar refractivity (Wildman–Crippen MR) is 108 cm³/mol. The fourth-order valence-corrected chi connectivity index (χ4v) is 4.69. The van der Waals surface area contributed by atoms with Gasteiger partial charge in [0.15, 0.2) is 0 Å². The first-order chi connectivity index (χ1) is 13.5. The number of fused-ring (bicyclic) bond motifs is 1. The number of rotatable bonds is 5. The van der Waals surface area contributed by atoms with Crippen molar-refractivity contribution in [3.8, 4) is 0 Å². The number of aryl methyl sites for hydroxylation is 2.